The highest BCUT2D eigenvalue weighted by Gasteiger charge is 2.48. The summed E-state index contributed by atoms with van der Waals surface area (Å²) >= 11 is 0. The van der Waals surface area contributed by atoms with Crippen LogP contribution in [0.5, 0.6) is 0 Å². The minimum Gasteiger partial charge on any atom is -0.460 e. The second-order valence-electron chi connectivity index (χ2n) is 9.30. The molecule has 0 N–H and O–H groups in total. The number of Topliss-reactive ketones (excluding diaryl/α,β-unsaturated/α-hetero) is 1. The van der Waals surface area contributed by atoms with E-state index in [2.05, 4.69) is 4.99 Å². The molecule has 0 bridgehead atoms. The van der Waals surface area contributed by atoms with Gasteiger partial charge in [-0.3, -0.25) is 9.79 Å². The van der Waals surface area contributed by atoms with E-state index in [9.17, 15) is 14.0 Å². The van der Waals surface area contributed by atoms with Gasteiger partial charge in [0.15, 0.2) is 0 Å². The Morgan fingerprint density at radius 3 is 2.73 bits per heavy atom. The fraction of sp³-hybridized carbons (Fsp3) is 0.542. The minimum absolute atomic E-state index is 0.00446. The topological polar surface area (TPSA) is 65.0 Å². The first-order valence-electron chi connectivity index (χ1n) is 10.6. The fourth-order valence-electron chi connectivity index (χ4n) is 4.94. The Balaban J connectivity index is 1.74. The lowest BCUT2D eigenvalue weighted by atomic mass is 9.63. The van der Waals surface area contributed by atoms with E-state index in [0.29, 0.717) is 30.7 Å². The van der Waals surface area contributed by atoms with Crippen molar-refractivity contribution in [1.82, 2.24) is 0 Å². The molecule has 2 heterocycles. The van der Waals surface area contributed by atoms with Crippen molar-refractivity contribution in [2.45, 2.75) is 58.5 Å². The predicted octanol–water partition coefficient (Wildman–Crippen LogP) is 4.37. The molecule has 1 aromatic carbocycles. The molecular weight excluding hydrogens is 385 g/mol. The molecule has 6 heteroatoms. The molecule has 0 unspecified atom stereocenters. The Labute approximate surface area is 176 Å². The monoisotopic (exact) mass is 413 g/mol. The van der Waals surface area contributed by atoms with Gasteiger partial charge in [-0.1, -0.05) is 32.0 Å². The zero-order valence-corrected chi connectivity index (χ0v) is 17.7. The summed E-state index contributed by atoms with van der Waals surface area (Å²) in [5, 5.41) is 0. The minimum atomic E-state index is -0.723. The van der Waals surface area contributed by atoms with Gasteiger partial charge in [0.25, 0.3) is 0 Å². The van der Waals surface area contributed by atoms with Crippen molar-refractivity contribution in [2.75, 3.05) is 13.2 Å². The molecule has 1 saturated heterocycles. The summed E-state index contributed by atoms with van der Waals surface area (Å²) in [5.74, 6) is -2.34. The van der Waals surface area contributed by atoms with Gasteiger partial charge in [0.2, 0.25) is 0 Å². The molecule has 2 aliphatic heterocycles. The number of hydrogen-bond acceptors (Lipinski definition) is 5. The van der Waals surface area contributed by atoms with Gasteiger partial charge < -0.3 is 9.47 Å². The average molecular weight is 413 g/mol. The van der Waals surface area contributed by atoms with E-state index in [1.54, 1.807) is 25.1 Å². The maximum Gasteiger partial charge on any atom is 0.336 e. The molecule has 3 atom stereocenters. The number of aliphatic imine (C=N–C) groups is 1. The number of halogens is 1. The first-order valence-corrected chi connectivity index (χ1v) is 10.6. The quantitative estimate of drug-likeness (QED) is 0.688. The molecular formula is C24H28FNO4. The number of allylic oxidation sites excluding steroid dienone is 1. The third kappa shape index (κ3) is 3.97. The van der Waals surface area contributed by atoms with Gasteiger partial charge in [-0.25, -0.2) is 9.18 Å². The number of carbonyl (C=O) groups excluding carboxylic acids is 2. The first kappa shape index (κ1) is 20.9. The van der Waals surface area contributed by atoms with Gasteiger partial charge in [0, 0.05) is 30.4 Å². The normalized spacial score (nSPS) is 28.2. The van der Waals surface area contributed by atoms with E-state index in [0.717, 1.165) is 18.6 Å². The molecule has 5 nitrogen and oxygen atoms in total. The van der Waals surface area contributed by atoms with Crippen LogP contribution >= 0.6 is 0 Å². The highest BCUT2D eigenvalue weighted by Crippen LogP contribution is 2.47. The molecule has 1 aromatic rings. The Hall–Kier alpha value is -2.34. The number of nitrogens with zero attached hydrogens (tertiary/aromatic N) is 1. The largest absolute Gasteiger partial charge is 0.460 e. The lowest BCUT2D eigenvalue weighted by molar-refractivity contribution is -0.142. The first-order chi connectivity index (χ1) is 14.3. The van der Waals surface area contributed by atoms with Gasteiger partial charge in [0.1, 0.15) is 18.2 Å². The molecule has 0 aromatic heterocycles. The number of ether oxygens (including phenoxy) is 2. The maximum absolute atomic E-state index is 14.9. The smallest absolute Gasteiger partial charge is 0.336 e. The third-order valence-electron chi connectivity index (χ3n) is 6.25. The van der Waals surface area contributed by atoms with Crippen LogP contribution in [0, 0.1) is 17.2 Å². The Morgan fingerprint density at radius 1 is 1.27 bits per heavy atom. The van der Waals surface area contributed by atoms with Gasteiger partial charge in [-0.2, -0.15) is 0 Å². The third-order valence-corrected chi connectivity index (χ3v) is 6.25. The fourth-order valence-corrected chi connectivity index (χ4v) is 4.94. The van der Waals surface area contributed by atoms with Gasteiger partial charge in [-0.15, -0.1) is 0 Å². The molecule has 4 rings (SSSR count). The summed E-state index contributed by atoms with van der Waals surface area (Å²) in [6.07, 6.45) is 2.70. The van der Waals surface area contributed by atoms with Crippen molar-refractivity contribution in [3.63, 3.8) is 0 Å². The van der Waals surface area contributed by atoms with Crippen LogP contribution in [0.1, 0.15) is 57.9 Å². The number of hydrogen-bond donors (Lipinski definition) is 0. The number of ketones is 1. The summed E-state index contributed by atoms with van der Waals surface area (Å²) < 4.78 is 26.0. The van der Waals surface area contributed by atoms with Crippen molar-refractivity contribution in [1.29, 1.82) is 0 Å². The number of rotatable bonds is 4. The maximum atomic E-state index is 14.9. The summed E-state index contributed by atoms with van der Waals surface area (Å²) in [6.45, 7) is 6.63. The van der Waals surface area contributed by atoms with E-state index in [1.807, 2.05) is 13.8 Å². The molecule has 1 aliphatic carbocycles. The summed E-state index contributed by atoms with van der Waals surface area (Å²) in [6, 6.07) is 6.35. The second-order valence-corrected chi connectivity index (χ2v) is 9.30. The van der Waals surface area contributed by atoms with Gasteiger partial charge >= 0.3 is 5.97 Å². The van der Waals surface area contributed by atoms with Crippen LogP contribution in [0.2, 0.25) is 0 Å². The molecule has 3 aliphatic rings. The Kier molecular flexibility index (Phi) is 5.62. The van der Waals surface area contributed by atoms with Crippen molar-refractivity contribution < 1.29 is 23.5 Å². The van der Waals surface area contributed by atoms with Crippen molar-refractivity contribution in [3.05, 3.63) is 46.9 Å². The molecule has 30 heavy (non-hydrogen) atoms. The number of fused-ring (bicyclic) bond motifs is 1. The molecule has 1 saturated carbocycles. The number of carbonyl (C=O) groups is 2. The van der Waals surface area contributed by atoms with Crippen molar-refractivity contribution in [3.8, 4) is 0 Å². The van der Waals surface area contributed by atoms with E-state index in [1.165, 1.54) is 6.07 Å². The summed E-state index contributed by atoms with van der Waals surface area (Å²) in [5.41, 5.74) is 1.64. The van der Waals surface area contributed by atoms with E-state index >= 15 is 0 Å². The zero-order valence-electron chi connectivity index (χ0n) is 17.7. The van der Waals surface area contributed by atoms with Gasteiger partial charge in [0.05, 0.1) is 17.6 Å². The van der Waals surface area contributed by atoms with Crippen LogP contribution in [0.25, 0.3) is 0 Å². The SMILES string of the molecule is CC1=C(C(=O)OC[C@@H]2CCCO2)[C@@H](c2ccccc2F)[C@@H]2C(=O)CC(C)(C)CC2=N1. The van der Waals surface area contributed by atoms with Crippen LogP contribution < -0.4 is 0 Å². The lowest BCUT2D eigenvalue weighted by Crippen LogP contribution is -2.44. The number of benzene rings is 1. The predicted molar refractivity (Wildman–Crippen MR) is 111 cm³/mol. The molecule has 0 spiro atoms. The number of esters is 1. The summed E-state index contributed by atoms with van der Waals surface area (Å²) in [7, 11) is 0. The Morgan fingerprint density at radius 2 is 2.03 bits per heavy atom. The van der Waals surface area contributed by atoms with Crippen LogP contribution in [0.3, 0.4) is 0 Å². The van der Waals surface area contributed by atoms with Crippen LogP contribution in [-0.4, -0.2) is 36.8 Å². The molecule has 2 fully saturated rings. The molecule has 160 valence electrons. The van der Waals surface area contributed by atoms with E-state index in [-0.39, 0.29) is 29.5 Å². The molecule has 0 radical (unpaired) electrons. The van der Waals surface area contributed by atoms with Crippen LogP contribution in [0.4, 0.5) is 4.39 Å². The highest BCUT2D eigenvalue weighted by molar-refractivity contribution is 6.12. The van der Waals surface area contributed by atoms with Crippen molar-refractivity contribution >= 4 is 17.5 Å². The van der Waals surface area contributed by atoms with Gasteiger partial charge in [-0.05, 0) is 43.2 Å². The second kappa shape index (κ2) is 8.06. The average Bonchev–Trinajstić information content (AvgIpc) is 3.18. The standard InChI is InChI=1S/C24H28FNO4/c1-14-20(23(28)30-13-15-7-6-10-29-15)21(16-8-4-5-9-17(16)25)22-18(26-14)11-24(2,3)12-19(22)27/h4-5,8-9,15,21-22H,6-7,10-13H2,1-3H3/t15-,21+,22-/m0/s1. The highest BCUT2D eigenvalue weighted by atomic mass is 19.1. The Bertz CT molecular complexity index is 927. The van der Waals surface area contributed by atoms with E-state index in [4.69, 9.17) is 9.47 Å². The molecule has 0 amide bonds. The van der Waals surface area contributed by atoms with Crippen LogP contribution in [0.15, 0.2) is 40.5 Å². The lowest BCUT2D eigenvalue weighted by Gasteiger charge is -2.41. The van der Waals surface area contributed by atoms with Crippen molar-refractivity contribution in [2.24, 2.45) is 16.3 Å². The zero-order chi connectivity index (χ0) is 21.5. The van der Waals surface area contributed by atoms with E-state index < -0.39 is 23.6 Å². The summed E-state index contributed by atoms with van der Waals surface area (Å²) in [4.78, 5) is 31.0. The van der Waals surface area contributed by atoms with Crippen LogP contribution in [-0.2, 0) is 19.1 Å².